The zero-order valence-electron chi connectivity index (χ0n) is 10.9. The summed E-state index contributed by atoms with van der Waals surface area (Å²) in [6, 6.07) is 0. The van der Waals surface area contributed by atoms with Crippen LogP contribution in [-0.4, -0.2) is 37.1 Å². The van der Waals surface area contributed by atoms with Crippen molar-refractivity contribution in [1.82, 2.24) is 0 Å². The van der Waals surface area contributed by atoms with Crippen molar-refractivity contribution in [3.8, 4) is 0 Å². The van der Waals surface area contributed by atoms with Gasteiger partial charge in [0.25, 0.3) is 0 Å². The molecule has 1 aliphatic heterocycles. The van der Waals surface area contributed by atoms with Crippen LogP contribution < -0.4 is 0 Å². The van der Waals surface area contributed by atoms with Crippen LogP contribution in [0.2, 0.25) is 0 Å². The minimum atomic E-state index is -0.245. The Hall–Kier alpha value is -0.120. The number of aliphatic hydroxyl groups excluding tert-OH is 1. The summed E-state index contributed by atoms with van der Waals surface area (Å²) >= 11 is 0. The van der Waals surface area contributed by atoms with Crippen LogP contribution in [-0.2, 0) is 9.47 Å². The summed E-state index contributed by atoms with van der Waals surface area (Å²) in [5.74, 6) is 1.31. The molecule has 2 fully saturated rings. The van der Waals surface area contributed by atoms with Gasteiger partial charge in [0.2, 0.25) is 0 Å². The first kappa shape index (κ1) is 13.3. The van der Waals surface area contributed by atoms with E-state index in [4.69, 9.17) is 9.47 Å². The molecule has 1 saturated heterocycles. The van der Waals surface area contributed by atoms with E-state index in [1.807, 2.05) is 0 Å². The molecule has 1 heterocycles. The molecule has 1 aliphatic carbocycles. The number of ether oxygens (including phenoxy) is 2. The van der Waals surface area contributed by atoms with Gasteiger partial charge in [-0.1, -0.05) is 19.8 Å². The Labute approximate surface area is 104 Å². The van der Waals surface area contributed by atoms with Crippen LogP contribution in [0.3, 0.4) is 0 Å². The number of hydrogen-bond donors (Lipinski definition) is 1. The molecule has 17 heavy (non-hydrogen) atoms. The lowest BCUT2D eigenvalue weighted by Crippen LogP contribution is -2.37. The lowest BCUT2D eigenvalue weighted by Gasteiger charge is -2.33. The van der Waals surface area contributed by atoms with E-state index in [0.29, 0.717) is 5.92 Å². The number of aliphatic hydroxyl groups is 1. The molecule has 3 nitrogen and oxygen atoms in total. The lowest BCUT2D eigenvalue weighted by atomic mass is 9.83. The molecule has 0 aromatic heterocycles. The molecule has 0 spiro atoms. The quantitative estimate of drug-likeness (QED) is 0.804. The van der Waals surface area contributed by atoms with E-state index in [1.54, 1.807) is 0 Å². The van der Waals surface area contributed by atoms with E-state index in [-0.39, 0.29) is 12.2 Å². The molecule has 0 bridgehead atoms. The van der Waals surface area contributed by atoms with Gasteiger partial charge >= 0.3 is 0 Å². The minimum absolute atomic E-state index is 0.0703. The summed E-state index contributed by atoms with van der Waals surface area (Å²) in [7, 11) is 0. The van der Waals surface area contributed by atoms with Crippen molar-refractivity contribution in [3.63, 3.8) is 0 Å². The molecule has 0 aromatic carbocycles. The summed E-state index contributed by atoms with van der Waals surface area (Å²) in [4.78, 5) is 0. The Morgan fingerprint density at radius 3 is 2.82 bits per heavy atom. The van der Waals surface area contributed by atoms with Gasteiger partial charge in [-0.25, -0.2) is 0 Å². The van der Waals surface area contributed by atoms with E-state index < -0.39 is 0 Å². The molecule has 2 aliphatic rings. The molecule has 0 aromatic rings. The predicted molar refractivity (Wildman–Crippen MR) is 66.9 cm³/mol. The fraction of sp³-hybridized carbons (Fsp3) is 1.00. The summed E-state index contributed by atoms with van der Waals surface area (Å²) in [6.45, 7) is 4.71. The van der Waals surface area contributed by atoms with Crippen molar-refractivity contribution in [1.29, 1.82) is 0 Å². The first-order valence-electron chi connectivity index (χ1n) is 7.17. The Morgan fingerprint density at radius 2 is 2.12 bits per heavy atom. The molecule has 0 radical (unpaired) electrons. The van der Waals surface area contributed by atoms with Crippen molar-refractivity contribution in [2.45, 2.75) is 57.7 Å². The SMILES string of the molecule is CCCC1CCC(O)C(OCC2CCOC2)C1. The van der Waals surface area contributed by atoms with Crippen LogP contribution in [0.15, 0.2) is 0 Å². The molecule has 4 unspecified atom stereocenters. The van der Waals surface area contributed by atoms with Gasteiger partial charge in [-0.2, -0.15) is 0 Å². The van der Waals surface area contributed by atoms with Gasteiger partial charge in [-0.15, -0.1) is 0 Å². The third-order valence-corrected chi connectivity index (χ3v) is 4.13. The highest BCUT2D eigenvalue weighted by Gasteiger charge is 2.30. The monoisotopic (exact) mass is 242 g/mol. The van der Waals surface area contributed by atoms with Crippen molar-refractivity contribution < 1.29 is 14.6 Å². The molecule has 0 amide bonds. The second kappa shape index (κ2) is 6.72. The standard InChI is InChI=1S/C14H26O3/c1-2-3-11-4-5-13(15)14(8-11)17-10-12-6-7-16-9-12/h11-15H,2-10H2,1H3. The van der Waals surface area contributed by atoms with Crippen LogP contribution in [0.25, 0.3) is 0 Å². The fourth-order valence-electron chi connectivity index (χ4n) is 3.02. The van der Waals surface area contributed by atoms with Gasteiger partial charge in [0.1, 0.15) is 0 Å². The van der Waals surface area contributed by atoms with Crippen LogP contribution in [0.4, 0.5) is 0 Å². The molecule has 4 atom stereocenters. The van der Waals surface area contributed by atoms with Crippen LogP contribution in [0.1, 0.15) is 45.4 Å². The van der Waals surface area contributed by atoms with Gasteiger partial charge in [-0.05, 0) is 31.6 Å². The average Bonchev–Trinajstić information content (AvgIpc) is 2.83. The zero-order chi connectivity index (χ0) is 12.1. The third kappa shape index (κ3) is 3.94. The molecule has 100 valence electrons. The minimum Gasteiger partial charge on any atom is -0.390 e. The highest BCUT2D eigenvalue weighted by Crippen LogP contribution is 2.30. The largest absolute Gasteiger partial charge is 0.390 e. The Kier molecular flexibility index (Phi) is 5.26. The highest BCUT2D eigenvalue weighted by atomic mass is 16.5. The maximum atomic E-state index is 9.97. The lowest BCUT2D eigenvalue weighted by molar-refractivity contribution is -0.0816. The van der Waals surface area contributed by atoms with Gasteiger partial charge < -0.3 is 14.6 Å². The fourth-order valence-corrected chi connectivity index (χ4v) is 3.02. The Balaban J connectivity index is 1.72. The van der Waals surface area contributed by atoms with Gasteiger partial charge in [0.15, 0.2) is 0 Å². The molecule has 1 N–H and O–H groups in total. The predicted octanol–water partition coefficient (Wildman–Crippen LogP) is 2.37. The Morgan fingerprint density at radius 1 is 1.24 bits per heavy atom. The normalized spacial score (nSPS) is 38.5. The number of rotatable bonds is 5. The van der Waals surface area contributed by atoms with Gasteiger partial charge in [0, 0.05) is 12.5 Å². The van der Waals surface area contributed by atoms with Crippen molar-refractivity contribution in [2.75, 3.05) is 19.8 Å². The maximum Gasteiger partial charge on any atom is 0.0836 e. The highest BCUT2D eigenvalue weighted by molar-refractivity contribution is 4.81. The molecule has 1 saturated carbocycles. The van der Waals surface area contributed by atoms with E-state index in [0.717, 1.165) is 45.0 Å². The van der Waals surface area contributed by atoms with E-state index >= 15 is 0 Å². The number of hydrogen-bond acceptors (Lipinski definition) is 3. The van der Waals surface area contributed by atoms with Gasteiger partial charge in [0.05, 0.1) is 25.4 Å². The van der Waals surface area contributed by atoms with Crippen LogP contribution >= 0.6 is 0 Å². The van der Waals surface area contributed by atoms with E-state index in [2.05, 4.69) is 6.92 Å². The molecular formula is C14H26O3. The average molecular weight is 242 g/mol. The van der Waals surface area contributed by atoms with E-state index in [1.165, 1.54) is 19.3 Å². The van der Waals surface area contributed by atoms with E-state index in [9.17, 15) is 5.11 Å². The Bertz CT molecular complexity index is 214. The molecule has 3 heteroatoms. The first-order chi connectivity index (χ1) is 8.29. The zero-order valence-corrected chi connectivity index (χ0v) is 10.9. The topological polar surface area (TPSA) is 38.7 Å². The third-order valence-electron chi connectivity index (χ3n) is 4.13. The molecule has 2 rings (SSSR count). The second-order valence-electron chi connectivity index (χ2n) is 5.64. The second-order valence-corrected chi connectivity index (χ2v) is 5.64. The van der Waals surface area contributed by atoms with Crippen molar-refractivity contribution >= 4 is 0 Å². The summed E-state index contributed by atoms with van der Waals surface area (Å²) < 4.78 is 11.3. The summed E-state index contributed by atoms with van der Waals surface area (Å²) in [5, 5.41) is 9.97. The van der Waals surface area contributed by atoms with Crippen LogP contribution in [0, 0.1) is 11.8 Å². The smallest absolute Gasteiger partial charge is 0.0836 e. The summed E-state index contributed by atoms with van der Waals surface area (Å²) in [6.07, 6.45) is 6.58. The first-order valence-corrected chi connectivity index (χ1v) is 7.17. The van der Waals surface area contributed by atoms with Crippen LogP contribution in [0.5, 0.6) is 0 Å². The van der Waals surface area contributed by atoms with Crippen molar-refractivity contribution in [2.24, 2.45) is 11.8 Å². The molecular weight excluding hydrogens is 216 g/mol. The van der Waals surface area contributed by atoms with Gasteiger partial charge in [-0.3, -0.25) is 0 Å². The maximum absolute atomic E-state index is 9.97. The summed E-state index contributed by atoms with van der Waals surface area (Å²) in [5.41, 5.74) is 0. The van der Waals surface area contributed by atoms with Crippen molar-refractivity contribution in [3.05, 3.63) is 0 Å².